The average molecular weight is 633 g/mol. The molecule has 0 aromatic heterocycles. The van der Waals surface area contributed by atoms with Gasteiger partial charge in [0.05, 0.1) is 47.3 Å². The molecule has 1 unspecified atom stereocenters. The number of carboxylic acids is 1. The molecular weight excluding hydrogens is 578 g/mol. The SMILES string of the molecule is CCCCN(CCCC[N+](C)(C)C)C(=O)CN1C[C@H](c2cc(OC)c3c(c2)OCO3)C(C(=O)O)[C@@H]1CCN1CCCN(C)C1=O. The molecule has 1 aromatic carbocycles. The summed E-state index contributed by atoms with van der Waals surface area (Å²) in [5.41, 5.74) is 0.778. The fraction of sp³-hybridized carbons (Fsp3) is 0.727. The molecule has 0 saturated carbocycles. The zero-order valence-electron chi connectivity index (χ0n) is 28.1. The third-order valence-corrected chi connectivity index (χ3v) is 9.34. The monoisotopic (exact) mass is 632 g/mol. The van der Waals surface area contributed by atoms with Gasteiger partial charge in [0.2, 0.25) is 18.4 Å². The van der Waals surface area contributed by atoms with Crippen molar-refractivity contribution in [2.24, 2.45) is 5.92 Å². The fourth-order valence-electron chi connectivity index (χ4n) is 6.85. The van der Waals surface area contributed by atoms with Crippen molar-refractivity contribution in [2.45, 2.75) is 57.4 Å². The van der Waals surface area contributed by atoms with Crippen LogP contribution in [0.1, 0.15) is 56.9 Å². The summed E-state index contributed by atoms with van der Waals surface area (Å²) in [6, 6.07) is 3.21. The van der Waals surface area contributed by atoms with Crippen molar-refractivity contribution in [3.8, 4) is 17.2 Å². The summed E-state index contributed by atoms with van der Waals surface area (Å²) >= 11 is 0. The number of quaternary nitrogens is 1. The number of hydrogen-bond acceptors (Lipinski definition) is 7. The van der Waals surface area contributed by atoms with Crippen LogP contribution in [-0.2, 0) is 9.59 Å². The van der Waals surface area contributed by atoms with E-state index in [0.717, 1.165) is 48.7 Å². The summed E-state index contributed by atoms with van der Waals surface area (Å²) in [4.78, 5) is 47.3. The Bertz CT molecular complexity index is 1190. The molecule has 0 radical (unpaired) electrons. The molecule has 1 N–H and O–H groups in total. The third-order valence-electron chi connectivity index (χ3n) is 9.34. The molecule has 3 aliphatic rings. The number of nitrogens with zero attached hydrogens (tertiary/aromatic N) is 5. The molecule has 3 aliphatic heterocycles. The van der Waals surface area contributed by atoms with Gasteiger partial charge in [-0.05, 0) is 49.8 Å². The van der Waals surface area contributed by atoms with E-state index >= 15 is 0 Å². The minimum atomic E-state index is -0.915. The number of carbonyl (C=O) groups excluding carboxylic acids is 2. The van der Waals surface area contributed by atoms with E-state index in [2.05, 4.69) is 28.1 Å². The lowest BCUT2D eigenvalue weighted by atomic mass is 9.84. The first-order valence-corrected chi connectivity index (χ1v) is 16.5. The molecule has 4 rings (SSSR count). The lowest BCUT2D eigenvalue weighted by Crippen LogP contribution is -2.50. The number of rotatable bonds is 16. The Morgan fingerprint density at radius 2 is 1.87 bits per heavy atom. The number of unbranched alkanes of at least 4 members (excludes halogenated alkanes) is 2. The smallest absolute Gasteiger partial charge is 0.319 e. The number of ether oxygens (including phenoxy) is 3. The summed E-state index contributed by atoms with van der Waals surface area (Å²) in [5, 5.41) is 10.7. The number of methoxy groups -OCH3 is 1. The summed E-state index contributed by atoms with van der Waals surface area (Å²) in [6.45, 7) is 6.95. The Hall–Kier alpha value is -3.25. The predicted molar refractivity (Wildman–Crippen MR) is 171 cm³/mol. The number of urea groups is 1. The van der Waals surface area contributed by atoms with Gasteiger partial charge in [0.25, 0.3) is 0 Å². The third kappa shape index (κ3) is 8.72. The summed E-state index contributed by atoms with van der Waals surface area (Å²) in [6.07, 6.45) is 5.20. The highest BCUT2D eigenvalue weighted by Gasteiger charge is 2.48. The first kappa shape index (κ1) is 34.6. The minimum absolute atomic E-state index is 0.0283. The highest BCUT2D eigenvalue weighted by atomic mass is 16.7. The van der Waals surface area contributed by atoms with Crippen LogP contribution >= 0.6 is 0 Å². The molecule has 252 valence electrons. The van der Waals surface area contributed by atoms with Gasteiger partial charge in [-0.2, -0.15) is 0 Å². The lowest BCUT2D eigenvalue weighted by molar-refractivity contribution is -0.870. The molecule has 0 spiro atoms. The van der Waals surface area contributed by atoms with E-state index in [1.807, 2.05) is 21.9 Å². The zero-order chi connectivity index (χ0) is 32.7. The van der Waals surface area contributed by atoms with Crippen LogP contribution in [0.15, 0.2) is 12.1 Å². The van der Waals surface area contributed by atoms with Crippen molar-refractivity contribution in [1.29, 1.82) is 0 Å². The number of carbonyl (C=O) groups is 3. The second-order valence-corrected chi connectivity index (χ2v) is 13.7. The molecule has 12 nitrogen and oxygen atoms in total. The zero-order valence-corrected chi connectivity index (χ0v) is 28.1. The highest BCUT2D eigenvalue weighted by molar-refractivity contribution is 5.79. The van der Waals surface area contributed by atoms with Gasteiger partial charge in [0.1, 0.15) is 0 Å². The van der Waals surface area contributed by atoms with E-state index in [1.165, 1.54) is 0 Å². The molecule has 3 atom stereocenters. The topological polar surface area (TPSA) is 112 Å². The van der Waals surface area contributed by atoms with E-state index in [4.69, 9.17) is 14.2 Å². The van der Waals surface area contributed by atoms with E-state index in [1.54, 1.807) is 24.0 Å². The van der Waals surface area contributed by atoms with Crippen LogP contribution < -0.4 is 14.2 Å². The lowest BCUT2D eigenvalue weighted by Gasteiger charge is -2.35. The van der Waals surface area contributed by atoms with Crippen LogP contribution in [0.2, 0.25) is 0 Å². The van der Waals surface area contributed by atoms with E-state index < -0.39 is 23.8 Å². The fourth-order valence-corrected chi connectivity index (χ4v) is 6.85. The van der Waals surface area contributed by atoms with Crippen LogP contribution in [0.25, 0.3) is 0 Å². The quantitative estimate of drug-likeness (QED) is 0.219. The minimum Gasteiger partial charge on any atom is -0.493 e. The van der Waals surface area contributed by atoms with Crippen LogP contribution in [0.4, 0.5) is 4.79 Å². The molecule has 45 heavy (non-hydrogen) atoms. The number of carboxylic acid groups (broad SMARTS) is 1. The second-order valence-electron chi connectivity index (χ2n) is 13.7. The number of likely N-dealkylation sites (tertiary alicyclic amines) is 1. The predicted octanol–water partition coefficient (Wildman–Crippen LogP) is 3.16. The van der Waals surface area contributed by atoms with Crippen LogP contribution in [0, 0.1) is 5.92 Å². The maximum Gasteiger partial charge on any atom is 0.319 e. The van der Waals surface area contributed by atoms with Gasteiger partial charge in [0, 0.05) is 58.3 Å². The normalized spacial score (nSPS) is 21.8. The van der Waals surface area contributed by atoms with Gasteiger partial charge < -0.3 is 38.5 Å². The molecule has 1 aromatic rings. The molecule has 0 bridgehead atoms. The summed E-state index contributed by atoms with van der Waals surface area (Å²) in [5.74, 6) is -0.536. The number of amides is 3. The number of hydrogen-bond donors (Lipinski definition) is 1. The van der Waals surface area contributed by atoms with Crippen LogP contribution in [0.3, 0.4) is 0 Å². The van der Waals surface area contributed by atoms with Gasteiger partial charge in [-0.25, -0.2) is 4.79 Å². The van der Waals surface area contributed by atoms with Gasteiger partial charge in [-0.1, -0.05) is 13.3 Å². The van der Waals surface area contributed by atoms with Crippen LogP contribution in [0.5, 0.6) is 17.2 Å². The van der Waals surface area contributed by atoms with E-state index in [9.17, 15) is 19.5 Å². The Labute approximate surface area is 268 Å². The Kier molecular flexibility index (Phi) is 11.8. The number of aliphatic carboxylic acids is 1. The molecule has 3 heterocycles. The Balaban J connectivity index is 1.58. The van der Waals surface area contributed by atoms with Crippen molar-refractivity contribution >= 4 is 17.9 Å². The Morgan fingerprint density at radius 3 is 2.56 bits per heavy atom. The first-order chi connectivity index (χ1) is 21.4. The van der Waals surface area contributed by atoms with Crippen molar-refractivity contribution < 1.29 is 38.2 Å². The van der Waals surface area contributed by atoms with E-state index in [0.29, 0.717) is 62.9 Å². The van der Waals surface area contributed by atoms with Gasteiger partial charge in [0.15, 0.2) is 11.5 Å². The molecule has 12 heteroatoms. The molecule has 2 saturated heterocycles. The van der Waals surface area contributed by atoms with Crippen molar-refractivity contribution in [2.75, 3.05) is 94.5 Å². The van der Waals surface area contributed by atoms with Gasteiger partial charge in [-0.15, -0.1) is 0 Å². The van der Waals surface area contributed by atoms with Gasteiger partial charge >= 0.3 is 12.0 Å². The Morgan fingerprint density at radius 1 is 1.11 bits per heavy atom. The van der Waals surface area contributed by atoms with Crippen molar-refractivity contribution in [3.05, 3.63) is 17.7 Å². The standard InChI is InChI=1S/C33H53N5O7/c1-7-8-14-35(15-9-10-18-38(3,4)5)29(39)22-37-21-25(24-19-27(43-6)31-28(20-24)44-23-45-31)30(32(40)41)26(37)12-17-36-16-11-13-34(2)33(36)42/h19-20,25-26,30H,7-18,21-23H2,1-6H3/p+1/t25-,26+,30?/m1/s1. The maximum atomic E-state index is 13.9. The largest absolute Gasteiger partial charge is 0.493 e. The van der Waals surface area contributed by atoms with Gasteiger partial charge in [-0.3, -0.25) is 14.5 Å². The highest BCUT2D eigenvalue weighted by Crippen LogP contribution is 2.47. The average Bonchev–Trinajstić information content (AvgIpc) is 3.61. The maximum absolute atomic E-state index is 13.9. The number of fused-ring (bicyclic) bond motifs is 1. The summed E-state index contributed by atoms with van der Waals surface area (Å²) in [7, 11) is 9.87. The second kappa shape index (κ2) is 15.4. The number of benzene rings is 1. The first-order valence-electron chi connectivity index (χ1n) is 16.5. The molecule has 3 amide bonds. The van der Waals surface area contributed by atoms with Crippen molar-refractivity contribution in [1.82, 2.24) is 19.6 Å². The summed E-state index contributed by atoms with van der Waals surface area (Å²) < 4.78 is 17.7. The van der Waals surface area contributed by atoms with Crippen LogP contribution in [-0.4, -0.2) is 148 Å². The molecule has 2 fully saturated rings. The molecule has 0 aliphatic carbocycles. The van der Waals surface area contributed by atoms with Crippen molar-refractivity contribution in [3.63, 3.8) is 0 Å². The van der Waals surface area contributed by atoms with E-state index in [-0.39, 0.29) is 25.3 Å². The molecular formula is C33H54N5O7+.